The van der Waals surface area contributed by atoms with Gasteiger partial charge in [-0.1, -0.05) is 114 Å². The highest BCUT2D eigenvalue weighted by Crippen LogP contribution is 2.59. The van der Waals surface area contributed by atoms with Crippen molar-refractivity contribution in [3.63, 3.8) is 0 Å². The summed E-state index contributed by atoms with van der Waals surface area (Å²) in [7, 11) is -9.71. The van der Waals surface area contributed by atoms with Gasteiger partial charge < -0.3 is 9.79 Å². The summed E-state index contributed by atoms with van der Waals surface area (Å²) in [5, 5.41) is 14.4. The van der Waals surface area contributed by atoms with Gasteiger partial charge in [0.25, 0.3) is 0 Å². The van der Waals surface area contributed by atoms with Crippen LogP contribution in [-0.2, 0) is 26.7 Å². The second kappa shape index (κ2) is 12.6. The van der Waals surface area contributed by atoms with Crippen molar-refractivity contribution in [3.8, 4) is 11.1 Å². The van der Waals surface area contributed by atoms with Gasteiger partial charge in [0.15, 0.2) is 0 Å². The first-order valence-corrected chi connectivity index (χ1v) is 17.6. The van der Waals surface area contributed by atoms with Crippen molar-refractivity contribution in [2.45, 2.75) is 28.9 Å². The molecular weight excluding hydrogens is 645 g/mol. The molecule has 0 amide bonds. The van der Waals surface area contributed by atoms with E-state index in [1.165, 1.54) is 18.2 Å². The zero-order chi connectivity index (χ0) is 33.4. The molecule has 5 aromatic carbocycles. The van der Waals surface area contributed by atoms with Crippen molar-refractivity contribution in [3.05, 3.63) is 150 Å². The summed E-state index contributed by atoms with van der Waals surface area (Å²) < 4.78 is 66.7. The van der Waals surface area contributed by atoms with Crippen LogP contribution in [0.3, 0.4) is 0 Å². The van der Waals surface area contributed by atoms with Gasteiger partial charge in [0.2, 0.25) is 10.0 Å². The Kier molecular flexibility index (Phi) is 8.64. The fraction of sp³-hybridized carbons (Fsp3) is 0.118. The standard InChI is InChI=1S/C34H29F2N4O5PS/c35-34(36,46(41,42)43)27-20-14-23(15-21-27)22-29(24-8-2-1-3-9-24)33(40-31-12-6-5-11-30(31)38-39-40)26-18-16-25(17-19-26)28-10-4-7-13-32(28)47(37,44)45/h1-21,29,33H,22H2,(H2,37,44,45)(H2,41,42,43). The van der Waals surface area contributed by atoms with E-state index in [0.29, 0.717) is 28.6 Å². The first-order valence-electron chi connectivity index (χ1n) is 14.4. The van der Waals surface area contributed by atoms with Crippen LogP contribution in [-0.4, -0.2) is 33.2 Å². The third-order valence-electron chi connectivity index (χ3n) is 8.13. The van der Waals surface area contributed by atoms with Crippen LogP contribution in [0.4, 0.5) is 8.78 Å². The quantitative estimate of drug-likeness (QED) is 0.139. The molecule has 6 rings (SSSR count). The molecule has 6 aromatic rings. The Labute approximate surface area is 269 Å². The van der Waals surface area contributed by atoms with Crippen molar-refractivity contribution >= 4 is 28.7 Å². The molecule has 0 aliphatic rings. The molecule has 47 heavy (non-hydrogen) atoms. The molecule has 0 fully saturated rings. The summed E-state index contributed by atoms with van der Waals surface area (Å²) in [4.78, 5) is 18.4. The number of nitrogens with zero attached hydrogens (tertiary/aromatic N) is 3. The number of halogens is 2. The number of nitrogens with two attached hydrogens (primary N) is 1. The monoisotopic (exact) mass is 674 g/mol. The van der Waals surface area contributed by atoms with Gasteiger partial charge in [0.1, 0.15) is 5.52 Å². The van der Waals surface area contributed by atoms with Gasteiger partial charge in [-0.2, -0.15) is 8.78 Å². The van der Waals surface area contributed by atoms with E-state index in [4.69, 9.17) is 5.14 Å². The van der Waals surface area contributed by atoms with E-state index in [2.05, 4.69) is 10.3 Å². The van der Waals surface area contributed by atoms with Gasteiger partial charge >= 0.3 is 13.3 Å². The minimum atomic E-state index is -5.72. The number of hydrogen-bond donors (Lipinski definition) is 3. The molecule has 9 nitrogen and oxygen atoms in total. The predicted octanol–water partition coefficient (Wildman–Crippen LogP) is 6.59. The lowest BCUT2D eigenvalue weighted by molar-refractivity contribution is 0.0564. The second-order valence-corrected chi connectivity index (χ2v) is 14.3. The Morgan fingerprint density at radius 1 is 0.787 bits per heavy atom. The molecule has 0 bridgehead atoms. The van der Waals surface area contributed by atoms with E-state index in [1.54, 1.807) is 18.2 Å². The van der Waals surface area contributed by atoms with Gasteiger partial charge in [-0.3, -0.25) is 4.57 Å². The molecule has 240 valence electrons. The number of aromatic nitrogens is 3. The molecule has 1 aromatic heterocycles. The van der Waals surface area contributed by atoms with E-state index < -0.39 is 34.9 Å². The van der Waals surface area contributed by atoms with Crippen molar-refractivity contribution < 1.29 is 31.6 Å². The topological polar surface area (TPSA) is 148 Å². The smallest absolute Gasteiger partial charge is 0.320 e. The van der Waals surface area contributed by atoms with Crippen molar-refractivity contribution in [2.24, 2.45) is 5.14 Å². The fourth-order valence-electron chi connectivity index (χ4n) is 5.82. The zero-order valence-electron chi connectivity index (χ0n) is 24.6. The third-order valence-corrected chi connectivity index (χ3v) is 10.1. The number of benzene rings is 5. The van der Waals surface area contributed by atoms with Gasteiger partial charge in [0.05, 0.1) is 16.5 Å². The van der Waals surface area contributed by atoms with Gasteiger partial charge in [-0.15, -0.1) is 5.10 Å². The summed E-state index contributed by atoms with van der Waals surface area (Å²) in [6.07, 6.45) is 0.334. The van der Waals surface area contributed by atoms with Crippen molar-refractivity contribution in [1.29, 1.82) is 0 Å². The zero-order valence-corrected chi connectivity index (χ0v) is 26.3. The van der Waals surface area contributed by atoms with Gasteiger partial charge in [-0.25, -0.2) is 18.2 Å². The molecule has 2 unspecified atom stereocenters. The summed E-state index contributed by atoms with van der Waals surface area (Å²) >= 11 is 0. The Hall–Kier alpha value is -4.58. The van der Waals surface area contributed by atoms with Crippen LogP contribution in [0.5, 0.6) is 0 Å². The van der Waals surface area contributed by atoms with Crippen LogP contribution in [0.1, 0.15) is 34.2 Å². The van der Waals surface area contributed by atoms with Crippen LogP contribution in [0.2, 0.25) is 0 Å². The van der Waals surface area contributed by atoms with Crippen LogP contribution < -0.4 is 5.14 Å². The van der Waals surface area contributed by atoms with Crippen LogP contribution in [0, 0.1) is 0 Å². The maximum atomic E-state index is 14.4. The Bertz CT molecular complexity index is 2190. The van der Waals surface area contributed by atoms with E-state index in [1.807, 2.05) is 83.5 Å². The summed E-state index contributed by atoms with van der Waals surface area (Å²) in [6, 6.07) is 35.4. The number of fused-ring (bicyclic) bond motifs is 1. The highest BCUT2D eigenvalue weighted by molar-refractivity contribution is 7.89. The number of primary sulfonamides is 1. The first kappa shape index (κ1) is 32.4. The van der Waals surface area contributed by atoms with E-state index in [0.717, 1.165) is 28.8 Å². The van der Waals surface area contributed by atoms with Crippen LogP contribution in [0.25, 0.3) is 22.2 Å². The molecule has 0 saturated heterocycles. The minimum absolute atomic E-state index is 0.00140. The molecule has 0 aliphatic heterocycles. The van der Waals surface area contributed by atoms with Gasteiger partial charge in [-0.05, 0) is 46.9 Å². The predicted molar refractivity (Wildman–Crippen MR) is 174 cm³/mol. The molecule has 4 N–H and O–H groups in total. The fourth-order valence-corrected chi connectivity index (χ4v) is 7.07. The van der Waals surface area contributed by atoms with Crippen molar-refractivity contribution in [1.82, 2.24) is 15.0 Å². The van der Waals surface area contributed by atoms with E-state index >= 15 is 0 Å². The summed E-state index contributed by atoms with van der Waals surface area (Å²) in [6.45, 7) is 0. The number of hydrogen-bond acceptors (Lipinski definition) is 5. The molecule has 0 aliphatic carbocycles. The highest BCUT2D eigenvalue weighted by Gasteiger charge is 2.50. The number of sulfonamides is 1. The molecule has 0 saturated carbocycles. The van der Waals surface area contributed by atoms with Crippen LogP contribution in [0.15, 0.2) is 132 Å². The largest absolute Gasteiger partial charge is 0.399 e. The van der Waals surface area contributed by atoms with E-state index in [9.17, 15) is 31.6 Å². The maximum Gasteiger partial charge on any atom is 0.399 e. The molecule has 2 atom stereocenters. The normalized spacial score (nSPS) is 13.8. The Balaban J connectivity index is 1.48. The molecular formula is C34H29F2N4O5PS. The summed E-state index contributed by atoms with van der Waals surface area (Å²) in [5.41, 5.74) is -0.185. The number of alkyl halides is 2. The maximum absolute atomic E-state index is 14.4. The van der Waals surface area contributed by atoms with Crippen LogP contribution >= 0.6 is 7.60 Å². The number of rotatable bonds is 10. The lowest BCUT2D eigenvalue weighted by atomic mass is 9.82. The average Bonchev–Trinajstić information content (AvgIpc) is 3.48. The Morgan fingerprint density at radius 2 is 1.40 bits per heavy atom. The second-order valence-electron chi connectivity index (χ2n) is 11.1. The third kappa shape index (κ3) is 6.51. The van der Waals surface area contributed by atoms with Gasteiger partial charge in [0, 0.05) is 17.0 Å². The molecule has 1 heterocycles. The first-order chi connectivity index (χ1) is 22.3. The SMILES string of the molecule is NS(=O)(=O)c1ccccc1-c1ccc(C(C(Cc2ccc(C(F)(F)P(=O)(O)O)cc2)c2ccccc2)n2nnc3ccccc32)cc1. The lowest BCUT2D eigenvalue weighted by Crippen LogP contribution is -2.23. The van der Waals surface area contributed by atoms with Crippen molar-refractivity contribution in [2.75, 3.05) is 0 Å². The van der Waals surface area contributed by atoms with E-state index in [-0.39, 0.29) is 10.8 Å². The highest BCUT2D eigenvalue weighted by atomic mass is 32.2. The summed E-state index contributed by atoms with van der Waals surface area (Å²) in [5.74, 6) is -0.336. The lowest BCUT2D eigenvalue weighted by Gasteiger charge is -2.29. The Morgan fingerprint density at radius 3 is 2.06 bits per heavy atom. The molecule has 0 radical (unpaired) electrons. The number of para-hydroxylation sites is 1. The average molecular weight is 675 g/mol. The molecule has 0 spiro atoms. The molecule has 13 heteroatoms. The minimum Gasteiger partial charge on any atom is -0.320 e.